The molecule has 9 heteroatoms. The van der Waals surface area contributed by atoms with Crippen molar-refractivity contribution >= 4 is 46.3 Å². The van der Waals surface area contributed by atoms with E-state index in [2.05, 4.69) is 15.6 Å². The molecule has 0 unspecified atom stereocenters. The van der Waals surface area contributed by atoms with E-state index in [1.165, 1.54) is 49.3 Å². The van der Waals surface area contributed by atoms with Gasteiger partial charge in [0, 0.05) is 23.7 Å². The Kier molecular flexibility index (Phi) is 7.42. The van der Waals surface area contributed by atoms with Gasteiger partial charge in [0.15, 0.2) is 0 Å². The van der Waals surface area contributed by atoms with E-state index in [-0.39, 0.29) is 24.1 Å². The minimum absolute atomic E-state index is 0.112. The minimum atomic E-state index is -0.259. The summed E-state index contributed by atoms with van der Waals surface area (Å²) in [4.78, 5) is 28.2. The highest BCUT2D eigenvalue weighted by Crippen LogP contribution is 2.29. The van der Waals surface area contributed by atoms with Gasteiger partial charge in [-0.3, -0.25) is 9.59 Å². The quantitative estimate of drug-likeness (QED) is 0.490. The molecule has 1 aromatic heterocycles. The van der Waals surface area contributed by atoms with Crippen molar-refractivity contribution in [1.82, 2.24) is 4.98 Å². The van der Waals surface area contributed by atoms with Gasteiger partial charge in [0.2, 0.25) is 11.8 Å². The first-order valence-corrected chi connectivity index (χ1v) is 10.9. The smallest absolute Gasteiger partial charge is 0.230 e. The van der Waals surface area contributed by atoms with Crippen LogP contribution in [0.5, 0.6) is 5.75 Å². The number of thioether (sulfide) groups is 1. The van der Waals surface area contributed by atoms with Crippen molar-refractivity contribution < 1.29 is 18.7 Å². The standard InChI is InChI=1S/C21H20FN3O3S2/c1-13(26)23-16-7-8-19(28-2)18(9-16)25-20(27)10-17-12-30-21(24-17)29-11-14-3-5-15(22)6-4-14/h3-9,12H,10-11H2,1-2H3,(H,23,26)(H,25,27). The maximum Gasteiger partial charge on any atom is 0.230 e. The lowest BCUT2D eigenvalue weighted by Crippen LogP contribution is -2.15. The van der Waals surface area contributed by atoms with Gasteiger partial charge >= 0.3 is 0 Å². The molecule has 156 valence electrons. The zero-order valence-corrected chi connectivity index (χ0v) is 18.0. The first kappa shape index (κ1) is 21.8. The first-order valence-electron chi connectivity index (χ1n) is 9.00. The van der Waals surface area contributed by atoms with Crippen LogP contribution in [0.1, 0.15) is 18.2 Å². The van der Waals surface area contributed by atoms with Gasteiger partial charge in [-0.1, -0.05) is 23.9 Å². The number of benzene rings is 2. The van der Waals surface area contributed by atoms with E-state index in [0.717, 1.165) is 9.90 Å². The molecule has 2 N–H and O–H groups in total. The lowest BCUT2D eigenvalue weighted by Gasteiger charge is -2.12. The van der Waals surface area contributed by atoms with Gasteiger partial charge in [0.25, 0.3) is 0 Å². The Morgan fingerprint density at radius 3 is 2.63 bits per heavy atom. The molecule has 2 amide bonds. The summed E-state index contributed by atoms with van der Waals surface area (Å²) in [6.45, 7) is 1.41. The van der Waals surface area contributed by atoms with E-state index < -0.39 is 0 Å². The van der Waals surface area contributed by atoms with Gasteiger partial charge in [-0.2, -0.15) is 0 Å². The van der Waals surface area contributed by atoms with Gasteiger partial charge in [-0.15, -0.1) is 11.3 Å². The van der Waals surface area contributed by atoms with Crippen LogP contribution in [0, 0.1) is 5.82 Å². The van der Waals surface area contributed by atoms with Gasteiger partial charge in [-0.05, 0) is 35.9 Å². The van der Waals surface area contributed by atoms with Crippen LogP contribution in [0.3, 0.4) is 0 Å². The second-order valence-corrected chi connectivity index (χ2v) is 8.42. The van der Waals surface area contributed by atoms with Crippen LogP contribution in [-0.4, -0.2) is 23.9 Å². The highest BCUT2D eigenvalue weighted by Gasteiger charge is 2.12. The molecule has 6 nitrogen and oxygen atoms in total. The molecule has 0 bridgehead atoms. The lowest BCUT2D eigenvalue weighted by molar-refractivity contribution is -0.116. The Bertz CT molecular complexity index is 1040. The molecule has 1 heterocycles. The molecule has 0 radical (unpaired) electrons. The van der Waals surface area contributed by atoms with E-state index in [1.807, 2.05) is 5.38 Å². The number of carbonyl (C=O) groups excluding carboxylic acids is 2. The molecule has 0 saturated carbocycles. The summed E-state index contributed by atoms with van der Waals surface area (Å²) in [7, 11) is 1.51. The number of rotatable bonds is 8. The van der Waals surface area contributed by atoms with Crippen LogP contribution >= 0.6 is 23.1 Å². The number of halogens is 1. The number of ether oxygens (including phenoxy) is 1. The number of aromatic nitrogens is 1. The van der Waals surface area contributed by atoms with Crippen molar-refractivity contribution in [3.05, 3.63) is 64.9 Å². The fraction of sp³-hybridized carbons (Fsp3) is 0.190. The second kappa shape index (κ2) is 10.2. The molecule has 30 heavy (non-hydrogen) atoms. The molecule has 0 atom stereocenters. The molecular weight excluding hydrogens is 425 g/mol. The van der Waals surface area contributed by atoms with Crippen molar-refractivity contribution in [2.75, 3.05) is 17.7 Å². The molecular formula is C21H20FN3O3S2. The largest absolute Gasteiger partial charge is 0.495 e. The van der Waals surface area contributed by atoms with Crippen LogP contribution < -0.4 is 15.4 Å². The molecule has 3 rings (SSSR count). The number of hydrogen-bond acceptors (Lipinski definition) is 6. The summed E-state index contributed by atoms with van der Waals surface area (Å²) < 4.78 is 19.1. The molecule has 2 aromatic carbocycles. The monoisotopic (exact) mass is 445 g/mol. The Labute approximate surface area is 181 Å². The summed E-state index contributed by atoms with van der Waals surface area (Å²) in [5.74, 6) is 0.461. The molecule has 0 aliphatic heterocycles. The van der Waals surface area contributed by atoms with Gasteiger partial charge < -0.3 is 15.4 Å². The molecule has 3 aromatic rings. The third-order valence-electron chi connectivity index (χ3n) is 3.94. The fourth-order valence-electron chi connectivity index (χ4n) is 2.61. The number of thiazole rings is 1. The topological polar surface area (TPSA) is 80.3 Å². The zero-order valence-electron chi connectivity index (χ0n) is 16.4. The molecule has 0 aliphatic carbocycles. The number of carbonyl (C=O) groups is 2. The second-order valence-electron chi connectivity index (χ2n) is 6.34. The number of nitrogens with one attached hydrogen (secondary N) is 2. The summed E-state index contributed by atoms with van der Waals surface area (Å²) in [5, 5.41) is 7.32. The predicted molar refractivity (Wildman–Crippen MR) is 118 cm³/mol. The van der Waals surface area contributed by atoms with Crippen LogP contribution in [0.15, 0.2) is 52.2 Å². The van der Waals surface area contributed by atoms with Crippen molar-refractivity contribution in [2.45, 2.75) is 23.4 Å². The Hall–Kier alpha value is -2.91. The van der Waals surface area contributed by atoms with Crippen LogP contribution in [0.4, 0.5) is 15.8 Å². The fourth-order valence-corrected chi connectivity index (χ4v) is 4.41. The maximum absolute atomic E-state index is 13.0. The maximum atomic E-state index is 13.0. The molecule has 0 fully saturated rings. The average molecular weight is 446 g/mol. The third kappa shape index (κ3) is 6.30. The Morgan fingerprint density at radius 1 is 1.17 bits per heavy atom. The molecule has 0 saturated heterocycles. The van der Waals surface area contributed by atoms with E-state index in [0.29, 0.717) is 28.6 Å². The number of anilines is 2. The number of methoxy groups -OCH3 is 1. The summed E-state index contributed by atoms with van der Waals surface area (Å²) >= 11 is 3.00. The summed E-state index contributed by atoms with van der Waals surface area (Å²) in [5.41, 5.74) is 2.69. The van der Waals surface area contributed by atoms with Crippen LogP contribution in [0.2, 0.25) is 0 Å². The van der Waals surface area contributed by atoms with Crippen LogP contribution in [-0.2, 0) is 21.8 Å². The SMILES string of the molecule is COc1ccc(NC(C)=O)cc1NC(=O)Cc1csc(SCc2ccc(F)cc2)n1. The Morgan fingerprint density at radius 2 is 1.93 bits per heavy atom. The first-order chi connectivity index (χ1) is 14.4. The van der Waals surface area contributed by atoms with E-state index in [4.69, 9.17) is 4.74 Å². The zero-order chi connectivity index (χ0) is 21.5. The van der Waals surface area contributed by atoms with Crippen molar-refractivity contribution in [2.24, 2.45) is 0 Å². The van der Waals surface area contributed by atoms with Crippen LogP contribution in [0.25, 0.3) is 0 Å². The van der Waals surface area contributed by atoms with E-state index in [9.17, 15) is 14.0 Å². The molecule has 0 spiro atoms. The highest BCUT2D eigenvalue weighted by molar-refractivity contribution is 8.00. The average Bonchev–Trinajstić information content (AvgIpc) is 3.14. The van der Waals surface area contributed by atoms with Crippen molar-refractivity contribution in [3.63, 3.8) is 0 Å². The predicted octanol–water partition coefficient (Wildman–Crippen LogP) is 4.72. The minimum Gasteiger partial charge on any atom is -0.495 e. The number of nitrogens with zero attached hydrogens (tertiary/aromatic N) is 1. The summed E-state index contributed by atoms with van der Waals surface area (Å²) in [6, 6.07) is 11.4. The van der Waals surface area contributed by atoms with Gasteiger partial charge in [0.05, 0.1) is 24.9 Å². The Balaban J connectivity index is 1.58. The lowest BCUT2D eigenvalue weighted by atomic mass is 10.2. The number of amides is 2. The highest BCUT2D eigenvalue weighted by atomic mass is 32.2. The van der Waals surface area contributed by atoms with Gasteiger partial charge in [0.1, 0.15) is 15.9 Å². The number of hydrogen-bond donors (Lipinski definition) is 2. The normalized spacial score (nSPS) is 10.5. The third-order valence-corrected chi connectivity index (χ3v) is 6.08. The van der Waals surface area contributed by atoms with Gasteiger partial charge in [-0.25, -0.2) is 9.37 Å². The van der Waals surface area contributed by atoms with E-state index >= 15 is 0 Å². The summed E-state index contributed by atoms with van der Waals surface area (Å²) in [6.07, 6.45) is 0.112. The van der Waals surface area contributed by atoms with Crippen molar-refractivity contribution in [1.29, 1.82) is 0 Å². The van der Waals surface area contributed by atoms with Crippen molar-refractivity contribution in [3.8, 4) is 5.75 Å². The molecule has 0 aliphatic rings. The van der Waals surface area contributed by atoms with E-state index in [1.54, 1.807) is 30.3 Å².